The van der Waals surface area contributed by atoms with Crippen molar-refractivity contribution in [3.8, 4) is 0 Å². The molecule has 1 heterocycles. The van der Waals surface area contributed by atoms with Crippen LogP contribution in [0.15, 0.2) is 18.2 Å². The molecule has 1 aromatic rings. The molecule has 1 aliphatic rings. The Kier molecular flexibility index (Phi) is 5.71. The first-order valence-corrected chi connectivity index (χ1v) is 7.52. The Labute approximate surface area is 129 Å². The molecular formula is C15H21N3O4. The van der Waals surface area contributed by atoms with Gasteiger partial charge in [0.05, 0.1) is 18.1 Å². The van der Waals surface area contributed by atoms with Crippen LogP contribution in [0.5, 0.6) is 0 Å². The standard InChI is InChI=1S/C15H21N3O4/c1-2-3-4-15(19)16-12-5-6-13(14(11-12)18(20)21)17-7-9-22-10-8-17/h5-6,11H,2-4,7-10H2,1H3,(H,16,19). The van der Waals surface area contributed by atoms with Crippen molar-refractivity contribution in [3.05, 3.63) is 28.3 Å². The first-order valence-electron chi connectivity index (χ1n) is 7.52. The highest BCUT2D eigenvalue weighted by Gasteiger charge is 2.22. The number of nitro groups is 1. The van der Waals surface area contributed by atoms with Crippen molar-refractivity contribution in [2.45, 2.75) is 26.2 Å². The molecular weight excluding hydrogens is 286 g/mol. The van der Waals surface area contributed by atoms with Crippen LogP contribution in [-0.4, -0.2) is 37.1 Å². The van der Waals surface area contributed by atoms with Crippen molar-refractivity contribution in [1.82, 2.24) is 0 Å². The SMILES string of the molecule is CCCCC(=O)Nc1ccc(N2CCOCC2)c([N+](=O)[O-])c1. The highest BCUT2D eigenvalue weighted by atomic mass is 16.6. The van der Waals surface area contributed by atoms with Crippen LogP contribution < -0.4 is 10.2 Å². The minimum absolute atomic E-state index is 0.00944. The molecule has 1 amide bonds. The lowest BCUT2D eigenvalue weighted by molar-refractivity contribution is -0.384. The van der Waals surface area contributed by atoms with Gasteiger partial charge in [0.1, 0.15) is 5.69 Å². The zero-order valence-corrected chi connectivity index (χ0v) is 12.7. The Morgan fingerprint density at radius 3 is 2.77 bits per heavy atom. The maximum Gasteiger partial charge on any atom is 0.294 e. The number of nitro benzene ring substituents is 1. The second-order valence-electron chi connectivity index (χ2n) is 5.21. The van der Waals surface area contributed by atoms with Crippen LogP contribution in [0.1, 0.15) is 26.2 Å². The molecule has 1 aromatic carbocycles. The third kappa shape index (κ3) is 4.17. The fourth-order valence-electron chi connectivity index (χ4n) is 2.38. The molecule has 7 nitrogen and oxygen atoms in total. The molecule has 1 aliphatic heterocycles. The fraction of sp³-hybridized carbons (Fsp3) is 0.533. The molecule has 1 N–H and O–H groups in total. The van der Waals surface area contributed by atoms with Crippen LogP contribution in [0.4, 0.5) is 17.1 Å². The Bertz CT molecular complexity index is 542. The molecule has 0 bridgehead atoms. The second-order valence-corrected chi connectivity index (χ2v) is 5.21. The third-order valence-electron chi connectivity index (χ3n) is 3.57. The third-order valence-corrected chi connectivity index (χ3v) is 3.57. The van der Waals surface area contributed by atoms with E-state index in [0.717, 1.165) is 12.8 Å². The summed E-state index contributed by atoms with van der Waals surface area (Å²) >= 11 is 0. The molecule has 0 spiro atoms. The number of morpholine rings is 1. The smallest absolute Gasteiger partial charge is 0.294 e. The van der Waals surface area contributed by atoms with E-state index in [2.05, 4.69) is 5.32 Å². The summed E-state index contributed by atoms with van der Waals surface area (Å²) in [5.74, 6) is -0.115. The second kappa shape index (κ2) is 7.74. The minimum atomic E-state index is -0.410. The molecule has 0 atom stereocenters. The predicted octanol–water partition coefficient (Wildman–Crippen LogP) is 2.56. The maximum absolute atomic E-state index is 11.7. The minimum Gasteiger partial charge on any atom is -0.378 e. The number of hydrogen-bond acceptors (Lipinski definition) is 5. The van der Waals surface area contributed by atoms with Crippen LogP contribution in [0.3, 0.4) is 0 Å². The van der Waals surface area contributed by atoms with E-state index in [1.165, 1.54) is 6.07 Å². The van der Waals surface area contributed by atoms with Gasteiger partial charge in [0.2, 0.25) is 5.91 Å². The first kappa shape index (κ1) is 16.2. The number of carbonyl (C=O) groups is 1. The molecule has 22 heavy (non-hydrogen) atoms. The number of carbonyl (C=O) groups excluding carboxylic acids is 1. The molecule has 0 radical (unpaired) electrons. The van der Waals surface area contributed by atoms with Gasteiger partial charge in [0.15, 0.2) is 0 Å². The van der Waals surface area contributed by atoms with Gasteiger partial charge in [0, 0.05) is 31.3 Å². The van der Waals surface area contributed by atoms with E-state index in [-0.39, 0.29) is 11.6 Å². The first-order chi connectivity index (χ1) is 10.6. The summed E-state index contributed by atoms with van der Waals surface area (Å²) in [5, 5.41) is 14.0. The van der Waals surface area contributed by atoms with Crippen molar-refractivity contribution < 1.29 is 14.5 Å². The van der Waals surface area contributed by atoms with Crippen LogP contribution in [-0.2, 0) is 9.53 Å². The van der Waals surface area contributed by atoms with Gasteiger partial charge in [-0.25, -0.2) is 0 Å². The highest BCUT2D eigenvalue weighted by molar-refractivity contribution is 5.91. The zero-order valence-electron chi connectivity index (χ0n) is 12.7. The average molecular weight is 307 g/mol. The topological polar surface area (TPSA) is 84.7 Å². The summed E-state index contributed by atoms with van der Waals surface area (Å²) in [4.78, 5) is 24.6. The fourth-order valence-corrected chi connectivity index (χ4v) is 2.38. The van der Waals surface area contributed by atoms with E-state index < -0.39 is 4.92 Å². The van der Waals surface area contributed by atoms with Crippen molar-refractivity contribution >= 4 is 23.0 Å². The Balaban J connectivity index is 2.16. The lowest BCUT2D eigenvalue weighted by Crippen LogP contribution is -2.36. The molecule has 0 aromatic heterocycles. The number of ether oxygens (including phenoxy) is 1. The lowest BCUT2D eigenvalue weighted by Gasteiger charge is -2.28. The molecule has 7 heteroatoms. The Hall–Kier alpha value is -2.15. The van der Waals surface area contributed by atoms with Gasteiger partial charge in [-0.05, 0) is 18.6 Å². The van der Waals surface area contributed by atoms with Crippen LogP contribution in [0.25, 0.3) is 0 Å². The molecule has 0 unspecified atom stereocenters. The van der Waals surface area contributed by atoms with Gasteiger partial charge in [-0.15, -0.1) is 0 Å². The highest BCUT2D eigenvalue weighted by Crippen LogP contribution is 2.31. The summed E-state index contributed by atoms with van der Waals surface area (Å²) in [5.41, 5.74) is 1.04. The summed E-state index contributed by atoms with van der Waals surface area (Å²) in [6.07, 6.45) is 2.17. The van der Waals surface area contributed by atoms with Crippen LogP contribution in [0.2, 0.25) is 0 Å². The molecule has 0 aliphatic carbocycles. The van der Waals surface area contributed by atoms with Crippen LogP contribution >= 0.6 is 0 Å². The maximum atomic E-state index is 11.7. The van der Waals surface area contributed by atoms with Gasteiger partial charge in [-0.1, -0.05) is 13.3 Å². The molecule has 120 valence electrons. The quantitative estimate of drug-likeness (QED) is 0.645. The van der Waals surface area contributed by atoms with Gasteiger partial charge in [-0.3, -0.25) is 14.9 Å². The number of hydrogen-bond donors (Lipinski definition) is 1. The number of amides is 1. The van der Waals surface area contributed by atoms with Gasteiger partial charge in [0.25, 0.3) is 5.69 Å². The predicted molar refractivity (Wildman–Crippen MR) is 84.3 cm³/mol. The van der Waals surface area contributed by atoms with E-state index >= 15 is 0 Å². The number of anilines is 2. The zero-order chi connectivity index (χ0) is 15.9. The van der Waals surface area contributed by atoms with E-state index in [1.54, 1.807) is 12.1 Å². The average Bonchev–Trinajstić information content (AvgIpc) is 2.53. The van der Waals surface area contributed by atoms with Crippen molar-refractivity contribution in [2.24, 2.45) is 0 Å². The number of nitrogens with zero attached hydrogens (tertiary/aromatic N) is 2. The number of rotatable bonds is 6. The summed E-state index contributed by atoms with van der Waals surface area (Å²) in [6, 6.07) is 4.83. The summed E-state index contributed by atoms with van der Waals surface area (Å²) < 4.78 is 5.27. The summed E-state index contributed by atoms with van der Waals surface area (Å²) in [6.45, 7) is 4.39. The normalized spacial score (nSPS) is 14.7. The molecule has 2 rings (SSSR count). The van der Waals surface area contributed by atoms with E-state index in [1.807, 2.05) is 11.8 Å². The van der Waals surface area contributed by atoms with Crippen molar-refractivity contribution in [1.29, 1.82) is 0 Å². The van der Waals surface area contributed by atoms with E-state index in [9.17, 15) is 14.9 Å². The molecule has 0 saturated carbocycles. The number of nitrogens with one attached hydrogen (secondary N) is 1. The van der Waals surface area contributed by atoms with Crippen LogP contribution in [0, 0.1) is 10.1 Å². The lowest BCUT2D eigenvalue weighted by atomic mass is 10.2. The van der Waals surface area contributed by atoms with Gasteiger partial charge in [-0.2, -0.15) is 0 Å². The van der Waals surface area contributed by atoms with Crippen molar-refractivity contribution in [3.63, 3.8) is 0 Å². The molecule has 1 saturated heterocycles. The van der Waals surface area contributed by atoms with Crippen molar-refractivity contribution in [2.75, 3.05) is 36.5 Å². The summed E-state index contributed by atoms with van der Waals surface area (Å²) in [7, 11) is 0. The molecule has 1 fully saturated rings. The van der Waals surface area contributed by atoms with E-state index in [4.69, 9.17) is 4.74 Å². The monoisotopic (exact) mass is 307 g/mol. The van der Waals surface area contributed by atoms with Gasteiger partial charge >= 0.3 is 0 Å². The van der Waals surface area contributed by atoms with E-state index in [0.29, 0.717) is 44.1 Å². The number of benzene rings is 1. The Morgan fingerprint density at radius 1 is 1.41 bits per heavy atom. The number of unbranched alkanes of at least 4 members (excludes halogenated alkanes) is 1. The largest absolute Gasteiger partial charge is 0.378 e. The van der Waals surface area contributed by atoms with Gasteiger partial charge < -0.3 is 15.0 Å². The Morgan fingerprint density at radius 2 is 2.14 bits per heavy atom.